The molecule has 0 aliphatic rings. The second kappa shape index (κ2) is 5.22. The van der Waals surface area contributed by atoms with E-state index >= 15 is 0 Å². The van der Waals surface area contributed by atoms with Crippen LogP contribution in [0.25, 0.3) is 0 Å². The van der Waals surface area contributed by atoms with Crippen LogP contribution in [0.2, 0.25) is 0 Å². The monoisotopic (exact) mass is 190 g/mol. The van der Waals surface area contributed by atoms with Crippen molar-refractivity contribution in [2.24, 2.45) is 0 Å². The number of unbranched alkanes of at least 4 members (excludes halogenated alkanes) is 1. The van der Waals surface area contributed by atoms with Crippen LogP contribution in [0.4, 0.5) is 0 Å². The summed E-state index contributed by atoms with van der Waals surface area (Å²) in [4.78, 5) is 10.7. The summed E-state index contributed by atoms with van der Waals surface area (Å²) in [6.45, 7) is 3.64. The molecule has 1 aromatic carbocycles. The van der Waals surface area contributed by atoms with Crippen LogP contribution < -0.4 is 0 Å². The van der Waals surface area contributed by atoms with Crippen molar-refractivity contribution in [2.75, 3.05) is 0 Å². The summed E-state index contributed by atoms with van der Waals surface area (Å²) < 4.78 is 0. The first-order chi connectivity index (χ1) is 6.74. The van der Waals surface area contributed by atoms with Gasteiger partial charge in [-0.25, -0.2) is 4.79 Å². The van der Waals surface area contributed by atoms with E-state index in [1.807, 2.05) is 12.1 Å². The largest absolute Gasteiger partial charge is 0.478 e. The van der Waals surface area contributed by atoms with Crippen molar-refractivity contribution in [3.63, 3.8) is 0 Å². The Hall–Kier alpha value is -1.57. The second-order valence-electron chi connectivity index (χ2n) is 3.19. The van der Waals surface area contributed by atoms with E-state index in [4.69, 9.17) is 5.11 Å². The third-order valence-corrected chi connectivity index (χ3v) is 2.05. The Kier molecular flexibility index (Phi) is 3.92. The van der Waals surface area contributed by atoms with E-state index in [0.717, 1.165) is 24.8 Å². The van der Waals surface area contributed by atoms with Crippen molar-refractivity contribution in [3.05, 3.63) is 48.0 Å². The molecule has 0 fully saturated rings. The predicted molar refractivity (Wildman–Crippen MR) is 56.5 cm³/mol. The fraction of sp³-hybridized carbons (Fsp3) is 0.250. The third-order valence-electron chi connectivity index (χ3n) is 2.05. The van der Waals surface area contributed by atoms with Crippen LogP contribution in [-0.2, 0) is 6.42 Å². The van der Waals surface area contributed by atoms with Gasteiger partial charge < -0.3 is 5.11 Å². The van der Waals surface area contributed by atoms with Gasteiger partial charge in [-0.15, -0.1) is 6.58 Å². The Balaban J connectivity index is 2.63. The van der Waals surface area contributed by atoms with Crippen molar-refractivity contribution in [3.8, 4) is 0 Å². The highest BCUT2D eigenvalue weighted by Gasteiger charge is 2.02. The molecule has 0 aliphatic carbocycles. The Morgan fingerprint density at radius 2 is 2.29 bits per heavy atom. The van der Waals surface area contributed by atoms with Gasteiger partial charge in [0.2, 0.25) is 0 Å². The molecule has 2 nitrogen and oxygen atoms in total. The summed E-state index contributed by atoms with van der Waals surface area (Å²) in [6.07, 6.45) is 4.78. The number of carbonyl (C=O) groups is 1. The maximum absolute atomic E-state index is 10.7. The number of rotatable bonds is 5. The molecule has 0 amide bonds. The van der Waals surface area contributed by atoms with Crippen molar-refractivity contribution in [1.29, 1.82) is 0 Å². The van der Waals surface area contributed by atoms with Crippen LogP contribution >= 0.6 is 0 Å². The van der Waals surface area contributed by atoms with Gasteiger partial charge in [-0.05, 0) is 37.0 Å². The Morgan fingerprint density at radius 1 is 1.50 bits per heavy atom. The van der Waals surface area contributed by atoms with Crippen LogP contribution in [0.5, 0.6) is 0 Å². The minimum atomic E-state index is -0.865. The van der Waals surface area contributed by atoms with Gasteiger partial charge in [0.1, 0.15) is 0 Å². The van der Waals surface area contributed by atoms with E-state index in [-0.39, 0.29) is 0 Å². The van der Waals surface area contributed by atoms with Crippen molar-refractivity contribution < 1.29 is 9.90 Å². The van der Waals surface area contributed by atoms with E-state index in [2.05, 4.69) is 6.58 Å². The lowest BCUT2D eigenvalue weighted by Gasteiger charge is -2.00. The van der Waals surface area contributed by atoms with Gasteiger partial charge in [0.05, 0.1) is 5.56 Å². The van der Waals surface area contributed by atoms with Crippen molar-refractivity contribution >= 4 is 5.97 Å². The molecule has 0 spiro atoms. The smallest absolute Gasteiger partial charge is 0.335 e. The normalized spacial score (nSPS) is 9.71. The zero-order valence-corrected chi connectivity index (χ0v) is 8.07. The lowest BCUT2D eigenvalue weighted by molar-refractivity contribution is 0.0697. The number of carboxylic acid groups (broad SMARTS) is 1. The molecule has 0 aliphatic heterocycles. The van der Waals surface area contributed by atoms with Gasteiger partial charge in [0.15, 0.2) is 0 Å². The Labute approximate surface area is 83.9 Å². The first kappa shape index (κ1) is 10.5. The highest BCUT2D eigenvalue weighted by atomic mass is 16.4. The molecule has 0 bridgehead atoms. The summed E-state index contributed by atoms with van der Waals surface area (Å²) in [6, 6.07) is 7.08. The van der Waals surface area contributed by atoms with Gasteiger partial charge >= 0.3 is 5.97 Å². The van der Waals surface area contributed by atoms with Gasteiger partial charge in [0, 0.05) is 0 Å². The van der Waals surface area contributed by atoms with Crippen LogP contribution in [0.15, 0.2) is 36.9 Å². The summed E-state index contributed by atoms with van der Waals surface area (Å²) in [5, 5.41) is 8.76. The quantitative estimate of drug-likeness (QED) is 0.572. The lowest BCUT2D eigenvalue weighted by Crippen LogP contribution is -1.97. The number of allylic oxidation sites excluding steroid dienone is 1. The molecule has 1 rings (SSSR count). The lowest BCUT2D eigenvalue weighted by atomic mass is 10.1. The Morgan fingerprint density at radius 3 is 2.93 bits per heavy atom. The molecule has 0 heterocycles. The SMILES string of the molecule is C=CCCCc1cccc(C(=O)O)c1. The number of carboxylic acids is 1. The molecule has 74 valence electrons. The fourth-order valence-corrected chi connectivity index (χ4v) is 1.31. The molecule has 1 aromatic rings. The van der Waals surface area contributed by atoms with Gasteiger partial charge in [-0.1, -0.05) is 18.2 Å². The summed E-state index contributed by atoms with van der Waals surface area (Å²) in [5.41, 5.74) is 1.44. The highest BCUT2D eigenvalue weighted by Crippen LogP contribution is 2.08. The molecule has 0 saturated carbocycles. The third kappa shape index (κ3) is 3.05. The second-order valence-corrected chi connectivity index (χ2v) is 3.19. The molecule has 0 atom stereocenters. The zero-order chi connectivity index (χ0) is 10.4. The first-order valence-corrected chi connectivity index (χ1v) is 4.67. The molecular formula is C12H14O2. The number of benzene rings is 1. The minimum absolute atomic E-state index is 0.362. The Bertz CT molecular complexity index is 329. The first-order valence-electron chi connectivity index (χ1n) is 4.67. The molecule has 0 radical (unpaired) electrons. The summed E-state index contributed by atoms with van der Waals surface area (Å²) in [7, 11) is 0. The number of aromatic carboxylic acids is 1. The van der Waals surface area contributed by atoms with E-state index in [9.17, 15) is 4.79 Å². The van der Waals surface area contributed by atoms with Crippen LogP contribution in [0.3, 0.4) is 0 Å². The van der Waals surface area contributed by atoms with E-state index in [0.29, 0.717) is 5.56 Å². The molecular weight excluding hydrogens is 176 g/mol. The van der Waals surface area contributed by atoms with E-state index in [1.54, 1.807) is 18.2 Å². The van der Waals surface area contributed by atoms with Gasteiger partial charge in [-0.2, -0.15) is 0 Å². The fourth-order valence-electron chi connectivity index (χ4n) is 1.31. The topological polar surface area (TPSA) is 37.3 Å². The maximum Gasteiger partial charge on any atom is 0.335 e. The molecule has 0 aromatic heterocycles. The molecule has 0 unspecified atom stereocenters. The zero-order valence-electron chi connectivity index (χ0n) is 8.07. The molecule has 2 heteroatoms. The van der Waals surface area contributed by atoms with E-state index < -0.39 is 5.97 Å². The van der Waals surface area contributed by atoms with Crippen molar-refractivity contribution in [1.82, 2.24) is 0 Å². The summed E-state index contributed by atoms with van der Waals surface area (Å²) >= 11 is 0. The van der Waals surface area contributed by atoms with E-state index in [1.165, 1.54) is 0 Å². The minimum Gasteiger partial charge on any atom is -0.478 e. The average Bonchev–Trinajstić information content (AvgIpc) is 2.19. The predicted octanol–water partition coefficient (Wildman–Crippen LogP) is 2.89. The van der Waals surface area contributed by atoms with Gasteiger partial charge in [0.25, 0.3) is 0 Å². The average molecular weight is 190 g/mol. The molecule has 14 heavy (non-hydrogen) atoms. The number of hydrogen-bond acceptors (Lipinski definition) is 1. The van der Waals surface area contributed by atoms with Crippen LogP contribution in [0.1, 0.15) is 28.8 Å². The van der Waals surface area contributed by atoms with Crippen LogP contribution in [-0.4, -0.2) is 11.1 Å². The maximum atomic E-state index is 10.7. The standard InChI is InChI=1S/C12H14O2/c1-2-3-4-6-10-7-5-8-11(9-10)12(13)14/h2,5,7-9H,1,3-4,6H2,(H,13,14). The molecule has 1 N–H and O–H groups in total. The number of hydrogen-bond donors (Lipinski definition) is 1. The van der Waals surface area contributed by atoms with Crippen LogP contribution in [0, 0.1) is 0 Å². The highest BCUT2D eigenvalue weighted by molar-refractivity contribution is 5.87. The van der Waals surface area contributed by atoms with Gasteiger partial charge in [-0.3, -0.25) is 0 Å². The number of aryl methyl sites for hydroxylation is 1. The van der Waals surface area contributed by atoms with Crippen molar-refractivity contribution in [2.45, 2.75) is 19.3 Å². The summed E-state index contributed by atoms with van der Waals surface area (Å²) in [5.74, 6) is -0.865. The molecule has 0 saturated heterocycles.